The molecule has 15 heavy (non-hydrogen) atoms. The smallest absolute Gasteiger partial charge is 0.221 e. The SMILES string of the molecule is COc1cc(N)ccc1C=CCC(N)=O. The molecular formula is C11H14N2O2. The lowest BCUT2D eigenvalue weighted by Gasteiger charge is -2.05. The number of methoxy groups -OCH3 is 1. The van der Waals surface area contributed by atoms with E-state index in [-0.39, 0.29) is 12.3 Å². The number of benzene rings is 1. The molecule has 0 heterocycles. The molecule has 0 aromatic heterocycles. The number of rotatable bonds is 4. The molecule has 4 nitrogen and oxygen atoms in total. The van der Waals surface area contributed by atoms with E-state index in [0.717, 1.165) is 5.56 Å². The molecule has 0 aliphatic rings. The number of ether oxygens (including phenoxy) is 1. The Labute approximate surface area is 88.5 Å². The van der Waals surface area contributed by atoms with Crippen LogP contribution in [0, 0.1) is 0 Å². The van der Waals surface area contributed by atoms with Crippen LogP contribution in [0.4, 0.5) is 5.69 Å². The lowest BCUT2D eigenvalue weighted by atomic mass is 10.1. The van der Waals surface area contributed by atoms with E-state index in [1.54, 1.807) is 31.4 Å². The summed E-state index contributed by atoms with van der Waals surface area (Å²) < 4.78 is 5.14. The highest BCUT2D eigenvalue weighted by Crippen LogP contribution is 2.22. The van der Waals surface area contributed by atoms with E-state index in [2.05, 4.69) is 0 Å². The average Bonchev–Trinajstić information content (AvgIpc) is 2.19. The van der Waals surface area contributed by atoms with Gasteiger partial charge in [-0.1, -0.05) is 12.2 Å². The van der Waals surface area contributed by atoms with Crippen molar-refractivity contribution in [3.05, 3.63) is 29.8 Å². The molecule has 80 valence electrons. The molecule has 4 N–H and O–H groups in total. The zero-order chi connectivity index (χ0) is 11.3. The van der Waals surface area contributed by atoms with E-state index in [1.165, 1.54) is 0 Å². The predicted octanol–water partition coefficient (Wildman–Crippen LogP) is 1.17. The van der Waals surface area contributed by atoms with Crippen LogP contribution in [-0.2, 0) is 4.79 Å². The Morgan fingerprint density at radius 1 is 1.53 bits per heavy atom. The summed E-state index contributed by atoms with van der Waals surface area (Å²) in [5, 5.41) is 0. The van der Waals surface area contributed by atoms with E-state index in [9.17, 15) is 4.79 Å². The molecule has 0 spiro atoms. The zero-order valence-electron chi connectivity index (χ0n) is 8.57. The highest BCUT2D eigenvalue weighted by Gasteiger charge is 1.99. The molecule has 0 fully saturated rings. The molecule has 1 aromatic carbocycles. The Kier molecular flexibility index (Phi) is 3.74. The molecule has 1 rings (SSSR count). The van der Waals surface area contributed by atoms with Gasteiger partial charge in [-0.15, -0.1) is 0 Å². The van der Waals surface area contributed by atoms with Crippen molar-refractivity contribution >= 4 is 17.7 Å². The van der Waals surface area contributed by atoms with Crippen molar-refractivity contribution in [2.75, 3.05) is 12.8 Å². The van der Waals surface area contributed by atoms with Gasteiger partial charge in [0.1, 0.15) is 5.75 Å². The van der Waals surface area contributed by atoms with Crippen molar-refractivity contribution in [3.63, 3.8) is 0 Å². The Morgan fingerprint density at radius 2 is 2.27 bits per heavy atom. The number of nitrogen functional groups attached to an aromatic ring is 1. The van der Waals surface area contributed by atoms with Crippen molar-refractivity contribution in [2.24, 2.45) is 5.73 Å². The quantitative estimate of drug-likeness (QED) is 0.726. The first-order valence-corrected chi connectivity index (χ1v) is 4.52. The van der Waals surface area contributed by atoms with Gasteiger partial charge in [-0.25, -0.2) is 0 Å². The monoisotopic (exact) mass is 206 g/mol. The third kappa shape index (κ3) is 3.34. The van der Waals surface area contributed by atoms with Crippen LogP contribution in [0.3, 0.4) is 0 Å². The number of carbonyl (C=O) groups excluding carboxylic acids is 1. The molecule has 0 aliphatic carbocycles. The summed E-state index contributed by atoms with van der Waals surface area (Å²) in [7, 11) is 1.57. The fraction of sp³-hybridized carbons (Fsp3) is 0.182. The van der Waals surface area contributed by atoms with Gasteiger partial charge >= 0.3 is 0 Å². The van der Waals surface area contributed by atoms with Gasteiger partial charge in [-0.2, -0.15) is 0 Å². The van der Waals surface area contributed by atoms with E-state index < -0.39 is 0 Å². The zero-order valence-corrected chi connectivity index (χ0v) is 8.57. The summed E-state index contributed by atoms with van der Waals surface area (Å²) in [6.07, 6.45) is 3.69. The van der Waals surface area contributed by atoms with Gasteiger partial charge in [-0.05, 0) is 12.1 Å². The van der Waals surface area contributed by atoms with E-state index in [0.29, 0.717) is 11.4 Å². The van der Waals surface area contributed by atoms with Crippen molar-refractivity contribution in [1.82, 2.24) is 0 Å². The molecule has 0 saturated heterocycles. The number of primary amides is 1. The maximum Gasteiger partial charge on any atom is 0.221 e. The Hall–Kier alpha value is -1.97. The van der Waals surface area contributed by atoms with E-state index >= 15 is 0 Å². The van der Waals surface area contributed by atoms with Crippen LogP contribution in [-0.4, -0.2) is 13.0 Å². The first-order valence-electron chi connectivity index (χ1n) is 4.52. The first-order chi connectivity index (χ1) is 7.13. The normalized spacial score (nSPS) is 10.5. The van der Waals surface area contributed by atoms with E-state index in [1.807, 2.05) is 6.07 Å². The molecule has 0 saturated carbocycles. The fourth-order valence-electron chi connectivity index (χ4n) is 1.17. The molecule has 0 atom stereocenters. The Bertz CT molecular complexity index is 386. The second-order valence-corrected chi connectivity index (χ2v) is 3.07. The summed E-state index contributed by atoms with van der Waals surface area (Å²) in [4.78, 5) is 10.5. The van der Waals surface area contributed by atoms with Gasteiger partial charge in [0, 0.05) is 23.7 Å². The van der Waals surface area contributed by atoms with Crippen molar-refractivity contribution in [2.45, 2.75) is 6.42 Å². The molecule has 1 amide bonds. The highest BCUT2D eigenvalue weighted by atomic mass is 16.5. The minimum Gasteiger partial charge on any atom is -0.496 e. The molecule has 0 unspecified atom stereocenters. The molecule has 0 aliphatic heterocycles. The van der Waals surface area contributed by atoms with Crippen LogP contribution in [0.25, 0.3) is 6.08 Å². The molecular weight excluding hydrogens is 192 g/mol. The second-order valence-electron chi connectivity index (χ2n) is 3.07. The topological polar surface area (TPSA) is 78.3 Å². The van der Waals surface area contributed by atoms with Crippen LogP contribution >= 0.6 is 0 Å². The van der Waals surface area contributed by atoms with Gasteiger partial charge in [-0.3, -0.25) is 4.79 Å². The van der Waals surface area contributed by atoms with Gasteiger partial charge in [0.25, 0.3) is 0 Å². The summed E-state index contributed by atoms with van der Waals surface area (Å²) >= 11 is 0. The van der Waals surface area contributed by atoms with Crippen LogP contribution in [0.2, 0.25) is 0 Å². The summed E-state index contributed by atoms with van der Waals surface area (Å²) in [5.41, 5.74) is 12.1. The molecule has 0 bridgehead atoms. The fourth-order valence-corrected chi connectivity index (χ4v) is 1.17. The number of anilines is 1. The van der Waals surface area contributed by atoms with E-state index in [4.69, 9.17) is 16.2 Å². The lowest BCUT2D eigenvalue weighted by Crippen LogP contribution is -2.07. The minimum absolute atomic E-state index is 0.216. The lowest BCUT2D eigenvalue weighted by molar-refractivity contribution is -0.117. The van der Waals surface area contributed by atoms with Gasteiger partial charge < -0.3 is 16.2 Å². The molecule has 1 aromatic rings. The second kappa shape index (κ2) is 5.05. The van der Waals surface area contributed by atoms with Crippen molar-refractivity contribution < 1.29 is 9.53 Å². The van der Waals surface area contributed by atoms with Gasteiger partial charge in [0.05, 0.1) is 7.11 Å². The molecule has 0 radical (unpaired) electrons. The van der Waals surface area contributed by atoms with Crippen LogP contribution < -0.4 is 16.2 Å². The average molecular weight is 206 g/mol. The maximum absolute atomic E-state index is 10.5. The highest BCUT2D eigenvalue weighted by molar-refractivity contribution is 5.77. The number of amides is 1. The van der Waals surface area contributed by atoms with Crippen molar-refractivity contribution in [1.29, 1.82) is 0 Å². The van der Waals surface area contributed by atoms with Crippen molar-refractivity contribution in [3.8, 4) is 5.75 Å². The summed E-state index contributed by atoms with van der Waals surface area (Å²) in [5.74, 6) is 0.316. The standard InChI is InChI=1S/C11H14N2O2/c1-15-10-7-9(12)6-5-8(10)3-2-4-11(13)14/h2-3,5-7H,4,12H2,1H3,(H2,13,14). The van der Waals surface area contributed by atoms with Crippen LogP contribution in [0.15, 0.2) is 24.3 Å². The maximum atomic E-state index is 10.5. The Morgan fingerprint density at radius 3 is 2.87 bits per heavy atom. The summed E-state index contributed by atoms with van der Waals surface area (Å²) in [6, 6.07) is 5.32. The number of hydrogen-bond donors (Lipinski definition) is 2. The van der Waals surface area contributed by atoms with Crippen LogP contribution in [0.1, 0.15) is 12.0 Å². The van der Waals surface area contributed by atoms with Crippen LogP contribution in [0.5, 0.6) is 5.75 Å². The number of hydrogen-bond acceptors (Lipinski definition) is 3. The summed E-state index contributed by atoms with van der Waals surface area (Å²) in [6.45, 7) is 0. The van der Waals surface area contributed by atoms with Gasteiger partial charge in [0.15, 0.2) is 0 Å². The minimum atomic E-state index is -0.360. The Balaban J connectivity index is 2.84. The predicted molar refractivity (Wildman–Crippen MR) is 60.3 cm³/mol. The molecule has 4 heteroatoms. The largest absolute Gasteiger partial charge is 0.496 e. The first kappa shape index (κ1) is 11.1. The third-order valence-electron chi connectivity index (χ3n) is 1.87. The third-order valence-corrected chi connectivity index (χ3v) is 1.87. The number of nitrogens with two attached hydrogens (primary N) is 2. The van der Waals surface area contributed by atoms with Gasteiger partial charge in [0.2, 0.25) is 5.91 Å². The number of carbonyl (C=O) groups is 1.